The number of carbonyl (C=O) groups is 1. The zero-order valence-electron chi connectivity index (χ0n) is 12.9. The van der Waals surface area contributed by atoms with Crippen LogP contribution < -0.4 is 4.74 Å². The number of pyridine rings is 1. The van der Waals surface area contributed by atoms with E-state index in [1.807, 2.05) is 0 Å². The molecule has 128 valence electrons. The second-order valence-electron chi connectivity index (χ2n) is 5.57. The van der Waals surface area contributed by atoms with Crippen molar-refractivity contribution in [3.8, 4) is 5.75 Å². The number of piperidine rings is 1. The number of ether oxygens (including phenoxy) is 1. The molecule has 6 nitrogen and oxygen atoms in total. The molecule has 0 aromatic carbocycles. The Morgan fingerprint density at radius 2 is 1.96 bits per heavy atom. The fourth-order valence-electron chi connectivity index (χ4n) is 2.89. The topological polar surface area (TPSA) is 68.2 Å². The largest absolute Gasteiger partial charge is 0.495 e. The van der Waals surface area contributed by atoms with Crippen LogP contribution in [-0.2, 0) is 4.79 Å². The molecule has 1 aliphatic rings. The van der Waals surface area contributed by atoms with Gasteiger partial charge in [0.1, 0.15) is 17.6 Å². The maximum absolute atomic E-state index is 12.5. The number of hydrogen-bond donors (Lipinski definition) is 0. The monoisotopic (exact) mass is 340 g/mol. The van der Waals surface area contributed by atoms with Gasteiger partial charge in [-0.2, -0.15) is 13.2 Å². The van der Waals surface area contributed by atoms with Crippen LogP contribution in [0.25, 0.3) is 11.0 Å². The smallest absolute Gasteiger partial charge is 0.471 e. The van der Waals surface area contributed by atoms with Crippen LogP contribution >= 0.6 is 0 Å². The van der Waals surface area contributed by atoms with Crippen molar-refractivity contribution in [3.05, 3.63) is 24.3 Å². The van der Waals surface area contributed by atoms with Crippen molar-refractivity contribution in [2.24, 2.45) is 0 Å². The van der Waals surface area contributed by atoms with Gasteiger partial charge in [0, 0.05) is 25.1 Å². The first-order chi connectivity index (χ1) is 11.4. The quantitative estimate of drug-likeness (QED) is 0.839. The number of likely N-dealkylation sites (tertiary alicyclic amines) is 1. The van der Waals surface area contributed by atoms with Crippen LogP contribution in [0.2, 0.25) is 0 Å². The van der Waals surface area contributed by atoms with Crippen LogP contribution in [0.5, 0.6) is 5.75 Å². The minimum Gasteiger partial charge on any atom is -0.495 e. The lowest BCUT2D eigenvalue weighted by molar-refractivity contribution is -0.186. The molecule has 1 saturated heterocycles. The summed E-state index contributed by atoms with van der Waals surface area (Å²) in [7, 11) is 1.53. The predicted molar refractivity (Wildman–Crippen MR) is 78.5 cm³/mol. The highest BCUT2D eigenvalue weighted by atomic mass is 19.4. The fourth-order valence-corrected chi connectivity index (χ4v) is 2.89. The molecule has 0 bridgehead atoms. The summed E-state index contributed by atoms with van der Waals surface area (Å²) in [6, 6.07) is 1.73. The predicted octanol–water partition coefficient (Wildman–Crippen LogP) is 2.30. The van der Waals surface area contributed by atoms with Crippen LogP contribution in [0.3, 0.4) is 0 Å². The van der Waals surface area contributed by atoms with Crippen molar-refractivity contribution in [3.63, 3.8) is 0 Å². The second kappa shape index (κ2) is 6.21. The third kappa shape index (κ3) is 3.10. The molecule has 0 spiro atoms. The molecule has 3 heterocycles. The Kier molecular flexibility index (Phi) is 4.25. The zero-order chi connectivity index (χ0) is 17.3. The highest BCUT2D eigenvalue weighted by Crippen LogP contribution is 2.32. The summed E-state index contributed by atoms with van der Waals surface area (Å²) in [4.78, 5) is 24.9. The fraction of sp³-hybridized carbons (Fsp3) is 0.467. The summed E-state index contributed by atoms with van der Waals surface area (Å²) in [6.45, 7) is 0.0926. The lowest BCUT2D eigenvalue weighted by atomic mass is 9.92. The number of alkyl halides is 3. The van der Waals surface area contributed by atoms with Crippen molar-refractivity contribution in [1.82, 2.24) is 19.9 Å². The van der Waals surface area contributed by atoms with Gasteiger partial charge in [-0.05, 0) is 12.8 Å². The average molecular weight is 340 g/mol. The summed E-state index contributed by atoms with van der Waals surface area (Å²) < 4.78 is 42.6. The van der Waals surface area contributed by atoms with Gasteiger partial charge in [0.2, 0.25) is 0 Å². The molecule has 9 heteroatoms. The van der Waals surface area contributed by atoms with Gasteiger partial charge in [0.05, 0.1) is 24.5 Å². The van der Waals surface area contributed by atoms with Gasteiger partial charge in [0.15, 0.2) is 0 Å². The Balaban J connectivity index is 1.80. The van der Waals surface area contributed by atoms with Gasteiger partial charge in [-0.1, -0.05) is 0 Å². The van der Waals surface area contributed by atoms with Crippen LogP contribution in [0.1, 0.15) is 24.5 Å². The molecule has 1 aliphatic heterocycles. The summed E-state index contributed by atoms with van der Waals surface area (Å²) >= 11 is 0. The van der Waals surface area contributed by atoms with Crippen LogP contribution in [-0.4, -0.2) is 52.1 Å². The zero-order valence-corrected chi connectivity index (χ0v) is 12.9. The van der Waals surface area contributed by atoms with Gasteiger partial charge < -0.3 is 9.64 Å². The summed E-state index contributed by atoms with van der Waals surface area (Å²) in [5.74, 6) is -1.28. The molecule has 1 fully saturated rings. The normalized spacial score (nSPS) is 16.4. The van der Waals surface area contributed by atoms with Gasteiger partial charge in [-0.25, -0.2) is 15.0 Å². The number of fused-ring (bicyclic) bond motifs is 1. The van der Waals surface area contributed by atoms with Gasteiger partial charge >= 0.3 is 12.1 Å². The number of nitrogens with zero attached hydrogens (tertiary/aromatic N) is 4. The van der Waals surface area contributed by atoms with Crippen molar-refractivity contribution < 1.29 is 22.7 Å². The van der Waals surface area contributed by atoms with E-state index >= 15 is 0 Å². The highest BCUT2D eigenvalue weighted by molar-refractivity contribution is 5.82. The number of carbonyl (C=O) groups excluding carboxylic acids is 1. The third-order valence-corrected chi connectivity index (χ3v) is 4.13. The standard InChI is InChI=1S/C15H15F3N4O2/c1-24-10-6-11-13(19-7-10)12(21-8-20-11)9-2-4-22(5-3-9)14(23)15(16,17)18/h6-9H,2-5H2,1H3. The van der Waals surface area contributed by atoms with Crippen molar-refractivity contribution in [1.29, 1.82) is 0 Å². The van der Waals surface area contributed by atoms with E-state index in [4.69, 9.17) is 4.74 Å². The van der Waals surface area contributed by atoms with Crippen molar-refractivity contribution >= 4 is 16.9 Å². The van der Waals surface area contributed by atoms with E-state index in [0.717, 1.165) is 4.90 Å². The molecule has 2 aromatic heterocycles. The molecular formula is C15H15F3N4O2. The highest BCUT2D eigenvalue weighted by Gasteiger charge is 2.43. The molecule has 24 heavy (non-hydrogen) atoms. The van der Waals surface area contributed by atoms with Gasteiger partial charge in [0.25, 0.3) is 0 Å². The first-order valence-corrected chi connectivity index (χ1v) is 7.41. The average Bonchev–Trinajstić information content (AvgIpc) is 2.59. The number of hydrogen-bond acceptors (Lipinski definition) is 5. The van der Waals surface area contributed by atoms with Crippen LogP contribution in [0.4, 0.5) is 13.2 Å². The van der Waals surface area contributed by atoms with Crippen LogP contribution in [0, 0.1) is 0 Å². The number of methoxy groups -OCH3 is 1. The van der Waals surface area contributed by atoms with E-state index in [2.05, 4.69) is 15.0 Å². The maximum Gasteiger partial charge on any atom is 0.471 e. The summed E-state index contributed by atoms with van der Waals surface area (Å²) in [5.41, 5.74) is 1.92. The van der Waals surface area contributed by atoms with Crippen LogP contribution in [0.15, 0.2) is 18.6 Å². The number of halogens is 3. The Labute approximate surface area is 135 Å². The molecule has 1 amide bonds. The molecule has 0 radical (unpaired) electrons. The molecule has 0 unspecified atom stereocenters. The molecule has 0 saturated carbocycles. The SMILES string of the molecule is COc1cnc2c(C3CCN(C(=O)C(F)(F)F)CC3)ncnc2c1. The maximum atomic E-state index is 12.5. The Hall–Kier alpha value is -2.45. The van der Waals surface area contributed by atoms with Crippen molar-refractivity contribution in [2.75, 3.05) is 20.2 Å². The van der Waals surface area contributed by atoms with E-state index in [-0.39, 0.29) is 19.0 Å². The molecule has 0 aliphatic carbocycles. The molecule has 0 N–H and O–H groups in total. The molecule has 2 aromatic rings. The lowest BCUT2D eigenvalue weighted by Gasteiger charge is -2.32. The Morgan fingerprint density at radius 1 is 1.25 bits per heavy atom. The summed E-state index contributed by atoms with van der Waals surface area (Å²) in [5, 5.41) is 0. The second-order valence-corrected chi connectivity index (χ2v) is 5.57. The number of aromatic nitrogens is 3. The van der Waals surface area contributed by atoms with E-state index in [9.17, 15) is 18.0 Å². The first-order valence-electron chi connectivity index (χ1n) is 7.41. The minimum absolute atomic E-state index is 0.0463. The van der Waals surface area contributed by atoms with Gasteiger partial charge in [-0.3, -0.25) is 4.79 Å². The van der Waals surface area contributed by atoms with E-state index in [1.165, 1.54) is 13.4 Å². The molecule has 0 atom stereocenters. The number of amides is 1. The van der Waals surface area contributed by atoms with Crippen molar-refractivity contribution in [2.45, 2.75) is 24.9 Å². The lowest BCUT2D eigenvalue weighted by Crippen LogP contribution is -2.45. The van der Waals surface area contributed by atoms with Gasteiger partial charge in [-0.15, -0.1) is 0 Å². The van der Waals surface area contributed by atoms with E-state index in [1.54, 1.807) is 12.3 Å². The van der Waals surface area contributed by atoms with E-state index in [0.29, 0.717) is 35.3 Å². The third-order valence-electron chi connectivity index (χ3n) is 4.13. The molecule has 3 rings (SSSR count). The first kappa shape index (κ1) is 16.4. The summed E-state index contributed by atoms with van der Waals surface area (Å²) in [6.07, 6.45) is -1.06. The Morgan fingerprint density at radius 3 is 2.58 bits per heavy atom. The minimum atomic E-state index is -4.83. The Bertz CT molecular complexity index is 758. The number of rotatable bonds is 2. The molecular weight excluding hydrogens is 325 g/mol. The van der Waals surface area contributed by atoms with E-state index < -0.39 is 12.1 Å².